The van der Waals surface area contributed by atoms with E-state index in [-0.39, 0.29) is 6.61 Å². The molecule has 0 unspecified atom stereocenters. The summed E-state index contributed by atoms with van der Waals surface area (Å²) < 4.78 is 7.19. The number of hydrogen-bond donors (Lipinski definition) is 2. The molecule has 1 aromatic rings. The van der Waals surface area contributed by atoms with Gasteiger partial charge in [0.1, 0.15) is 0 Å². The summed E-state index contributed by atoms with van der Waals surface area (Å²) in [5.74, 6) is 0.902. The van der Waals surface area contributed by atoms with Gasteiger partial charge in [-0.15, -0.1) is 0 Å². The maximum absolute atomic E-state index is 8.49. The highest BCUT2D eigenvalue weighted by Gasteiger charge is 1.98. The molecule has 86 valence electrons. The van der Waals surface area contributed by atoms with Crippen molar-refractivity contribution >= 4 is 5.95 Å². The van der Waals surface area contributed by atoms with Crippen LogP contribution in [0.4, 0.5) is 5.95 Å². The number of hydrogen-bond acceptors (Lipinski definition) is 4. The van der Waals surface area contributed by atoms with E-state index < -0.39 is 0 Å². The van der Waals surface area contributed by atoms with Crippen LogP contribution in [0.5, 0.6) is 0 Å². The van der Waals surface area contributed by atoms with Crippen molar-refractivity contribution in [2.45, 2.75) is 19.9 Å². The monoisotopic (exact) mass is 213 g/mol. The zero-order valence-corrected chi connectivity index (χ0v) is 9.15. The lowest BCUT2D eigenvalue weighted by atomic mass is 10.4. The van der Waals surface area contributed by atoms with Gasteiger partial charge in [0, 0.05) is 32.1 Å². The van der Waals surface area contributed by atoms with E-state index >= 15 is 0 Å². The number of imidazole rings is 1. The molecule has 0 bridgehead atoms. The zero-order valence-electron chi connectivity index (χ0n) is 9.15. The van der Waals surface area contributed by atoms with Crippen molar-refractivity contribution in [1.82, 2.24) is 9.55 Å². The van der Waals surface area contributed by atoms with E-state index in [1.807, 2.05) is 6.20 Å². The summed E-state index contributed by atoms with van der Waals surface area (Å²) in [6.07, 6.45) is 4.65. The summed E-state index contributed by atoms with van der Waals surface area (Å²) in [5, 5.41) is 11.7. The molecule has 1 heterocycles. The van der Waals surface area contributed by atoms with Gasteiger partial charge in [-0.25, -0.2) is 4.98 Å². The highest BCUT2D eigenvalue weighted by molar-refractivity contribution is 5.25. The molecule has 0 saturated heterocycles. The van der Waals surface area contributed by atoms with Gasteiger partial charge < -0.3 is 19.7 Å². The molecule has 0 saturated carbocycles. The third kappa shape index (κ3) is 4.31. The van der Waals surface area contributed by atoms with Gasteiger partial charge >= 0.3 is 0 Å². The standard InChI is InChI=1S/C10H19N3O2/c1-2-13-6-5-12-10(13)11-4-3-8-15-9-7-14/h5-6,14H,2-4,7-9H2,1H3,(H,11,12). The Labute approximate surface area is 90.1 Å². The van der Waals surface area contributed by atoms with Crippen molar-refractivity contribution in [1.29, 1.82) is 0 Å². The molecule has 1 aromatic heterocycles. The Balaban J connectivity index is 2.09. The lowest BCUT2D eigenvalue weighted by Crippen LogP contribution is -2.10. The van der Waals surface area contributed by atoms with E-state index in [0.29, 0.717) is 13.2 Å². The molecule has 0 fully saturated rings. The molecule has 0 radical (unpaired) electrons. The third-order valence-electron chi connectivity index (χ3n) is 2.04. The second-order valence-electron chi connectivity index (χ2n) is 3.15. The van der Waals surface area contributed by atoms with Gasteiger partial charge in [-0.1, -0.05) is 0 Å². The van der Waals surface area contributed by atoms with Gasteiger partial charge in [0.05, 0.1) is 13.2 Å². The number of nitrogens with one attached hydrogen (secondary N) is 1. The van der Waals surface area contributed by atoms with Crippen LogP contribution in [0.25, 0.3) is 0 Å². The molecule has 0 atom stereocenters. The van der Waals surface area contributed by atoms with Crippen molar-refractivity contribution in [2.75, 3.05) is 31.7 Å². The van der Waals surface area contributed by atoms with Crippen LogP contribution in [0, 0.1) is 0 Å². The molecule has 0 spiro atoms. The normalized spacial score (nSPS) is 10.5. The van der Waals surface area contributed by atoms with E-state index in [9.17, 15) is 0 Å². The number of rotatable bonds is 8. The number of aryl methyl sites for hydroxylation is 1. The average molecular weight is 213 g/mol. The Morgan fingerprint density at radius 1 is 1.53 bits per heavy atom. The molecule has 0 aromatic carbocycles. The fourth-order valence-corrected chi connectivity index (χ4v) is 1.27. The number of nitrogens with zero attached hydrogens (tertiary/aromatic N) is 2. The first kappa shape index (κ1) is 12.0. The quantitative estimate of drug-likeness (QED) is 0.624. The second kappa shape index (κ2) is 7.25. The first-order valence-electron chi connectivity index (χ1n) is 5.32. The van der Waals surface area contributed by atoms with Crippen LogP contribution in [0.15, 0.2) is 12.4 Å². The summed E-state index contributed by atoms with van der Waals surface area (Å²) in [6.45, 7) is 5.01. The van der Waals surface area contributed by atoms with Crippen molar-refractivity contribution < 1.29 is 9.84 Å². The van der Waals surface area contributed by atoms with Crippen LogP contribution in [0.3, 0.4) is 0 Å². The van der Waals surface area contributed by atoms with Gasteiger partial charge in [0.15, 0.2) is 0 Å². The summed E-state index contributed by atoms with van der Waals surface area (Å²) in [5.41, 5.74) is 0. The predicted octanol–water partition coefficient (Wildman–Crippen LogP) is 0.714. The Kier molecular flexibility index (Phi) is 5.80. The molecule has 0 amide bonds. The molecule has 15 heavy (non-hydrogen) atoms. The molecular weight excluding hydrogens is 194 g/mol. The molecule has 1 rings (SSSR count). The molecule has 0 aliphatic heterocycles. The molecule has 2 N–H and O–H groups in total. The van der Waals surface area contributed by atoms with Gasteiger partial charge in [-0.05, 0) is 13.3 Å². The van der Waals surface area contributed by atoms with Crippen molar-refractivity contribution in [3.63, 3.8) is 0 Å². The number of ether oxygens (including phenoxy) is 1. The molecule has 0 aliphatic carbocycles. The Morgan fingerprint density at radius 2 is 2.40 bits per heavy atom. The first-order chi connectivity index (χ1) is 7.38. The van der Waals surface area contributed by atoms with Crippen LogP contribution in [-0.4, -0.2) is 41.0 Å². The number of aliphatic hydroxyl groups is 1. The lowest BCUT2D eigenvalue weighted by molar-refractivity contribution is 0.0921. The van der Waals surface area contributed by atoms with E-state index in [1.165, 1.54) is 0 Å². The maximum Gasteiger partial charge on any atom is 0.202 e. The van der Waals surface area contributed by atoms with Crippen molar-refractivity contribution in [2.24, 2.45) is 0 Å². The summed E-state index contributed by atoms with van der Waals surface area (Å²) in [6, 6.07) is 0. The summed E-state index contributed by atoms with van der Waals surface area (Å²) in [4.78, 5) is 4.19. The van der Waals surface area contributed by atoms with E-state index in [2.05, 4.69) is 21.8 Å². The van der Waals surface area contributed by atoms with Crippen LogP contribution < -0.4 is 5.32 Å². The minimum atomic E-state index is 0.0909. The highest BCUT2D eigenvalue weighted by atomic mass is 16.5. The van der Waals surface area contributed by atoms with Gasteiger partial charge in [-0.3, -0.25) is 0 Å². The minimum Gasteiger partial charge on any atom is -0.394 e. The fraction of sp³-hybridized carbons (Fsp3) is 0.700. The number of anilines is 1. The average Bonchev–Trinajstić information content (AvgIpc) is 2.70. The van der Waals surface area contributed by atoms with Gasteiger partial charge in [0.25, 0.3) is 0 Å². The molecule has 0 aliphatic rings. The SMILES string of the molecule is CCn1ccnc1NCCCOCCO. The van der Waals surface area contributed by atoms with Gasteiger partial charge in [0.2, 0.25) is 5.95 Å². The van der Waals surface area contributed by atoms with E-state index in [1.54, 1.807) is 6.20 Å². The number of aromatic nitrogens is 2. The van der Waals surface area contributed by atoms with Gasteiger partial charge in [-0.2, -0.15) is 0 Å². The van der Waals surface area contributed by atoms with Crippen LogP contribution >= 0.6 is 0 Å². The summed E-state index contributed by atoms with van der Waals surface area (Å²) in [7, 11) is 0. The smallest absolute Gasteiger partial charge is 0.202 e. The maximum atomic E-state index is 8.49. The Morgan fingerprint density at radius 3 is 3.13 bits per heavy atom. The lowest BCUT2D eigenvalue weighted by Gasteiger charge is -2.07. The molecule has 5 nitrogen and oxygen atoms in total. The van der Waals surface area contributed by atoms with E-state index in [0.717, 1.165) is 25.5 Å². The predicted molar refractivity (Wildman–Crippen MR) is 58.9 cm³/mol. The van der Waals surface area contributed by atoms with Crippen LogP contribution in [0.2, 0.25) is 0 Å². The molecule has 5 heteroatoms. The largest absolute Gasteiger partial charge is 0.394 e. The van der Waals surface area contributed by atoms with Crippen LogP contribution in [0.1, 0.15) is 13.3 Å². The highest BCUT2D eigenvalue weighted by Crippen LogP contribution is 2.03. The Bertz CT molecular complexity index is 263. The second-order valence-corrected chi connectivity index (χ2v) is 3.15. The van der Waals surface area contributed by atoms with E-state index in [4.69, 9.17) is 9.84 Å². The summed E-state index contributed by atoms with van der Waals surface area (Å²) >= 11 is 0. The third-order valence-corrected chi connectivity index (χ3v) is 2.04. The van der Waals surface area contributed by atoms with Crippen LogP contribution in [-0.2, 0) is 11.3 Å². The van der Waals surface area contributed by atoms with Crippen molar-refractivity contribution in [3.8, 4) is 0 Å². The number of aliphatic hydroxyl groups excluding tert-OH is 1. The minimum absolute atomic E-state index is 0.0909. The first-order valence-corrected chi connectivity index (χ1v) is 5.32. The zero-order chi connectivity index (χ0) is 10.9. The fourth-order valence-electron chi connectivity index (χ4n) is 1.27. The molecular formula is C10H19N3O2. The Hall–Kier alpha value is -1.07. The van der Waals surface area contributed by atoms with Crippen molar-refractivity contribution in [3.05, 3.63) is 12.4 Å². The topological polar surface area (TPSA) is 59.3 Å².